The average molecular weight is 595 g/mol. The van der Waals surface area contributed by atoms with Crippen LogP contribution < -0.4 is 16.4 Å². The molecule has 3 heterocycles. The number of carbonyl (C=O) groups is 3. The van der Waals surface area contributed by atoms with E-state index >= 15 is 0 Å². The van der Waals surface area contributed by atoms with Gasteiger partial charge in [-0.15, -0.1) is 11.3 Å². The Balaban J connectivity index is 1.42. The van der Waals surface area contributed by atoms with Crippen molar-refractivity contribution >= 4 is 40.1 Å². The number of alkyl carbamates (subject to hydrolysis) is 1. The molecule has 0 bridgehead atoms. The molecular formula is C31H42N6O4S. The van der Waals surface area contributed by atoms with Gasteiger partial charge in [-0.25, -0.2) is 9.78 Å². The van der Waals surface area contributed by atoms with Crippen LogP contribution in [-0.4, -0.2) is 64.5 Å². The number of likely N-dealkylation sites (tertiary alicyclic amines) is 1. The summed E-state index contributed by atoms with van der Waals surface area (Å²) in [5.41, 5.74) is 8.53. The van der Waals surface area contributed by atoms with Crippen molar-refractivity contribution in [3.05, 3.63) is 40.2 Å². The minimum absolute atomic E-state index is 0.106. The molecule has 1 fully saturated rings. The molecule has 0 radical (unpaired) electrons. The van der Waals surface area contributed by atoms with Crippen LogP contribution in [0.5, 0.6) is 0 Å². The van der Waals surface area contributed by atoms with Gasteiger partial charge in [0.2, 0.25) is 5.91 Å². The maximum atomic E-state index is 13.2. The van der Waals surface area contributed by atoms with Gasteiger partial charge in [-0.2, -0.15) is 0 Å². The number of thiazole rings is 1. The van der Waals surface area contributed by atoms with Crippen LogP contribution >= 0.6 is 11.3 Å². The van der Waals surface area contributed by atoms with Crippen molar-refractivity contribution < 1.29 is 19.1 Å². The summed E-state index contributed by atoms with van der Waals surface area (Å²) in [5.74, 6) is -0.530. The second-order valence-electron chi connectivity index (χ2n) is 13.2. The first kappa shape index (κ1) is 30.0. The largest absolute Gasteiger partial charge is 0.436 e. The minimum Gasteiger partial charge on any atom is -0.436 e. The molecule has 5 rings (SSSR count). The number of piperidine rings is 1. The van der Waals surface area contributed by atoms with Gasteiger partial charge in [0.1, 0.15) is 5.01 Å². The molecule has 5 N–H and O–H groups in total. The van der Waals surface area contributed by atoms with Gasteiger partial charge in [-0.3, -0.25) is 9.59 Å². The highest BCUT2D eigenvalue weighted by Crippen LogP contribution is 2.42. The molecule has 3 amide bonds. The van der Waals surface area contributed by atoms with Gasteiger partial charge >= 0.3 is 6.09 Å². The maximum absolute atomic E-state index is 13.2. The van der Waals surface area contributed by atoms with Crippen LogP contribution in [0.25, 0.3) is 21.3 Å². The number of aromatic nitrogens is 2. The number of fused-ring (bicyclic) bond motifs is 3. The summed E-state index contributed by atoms with van der Waals surface area (Å²) in [5, 5.41) is 7.71. The molecule has 226 valence electrons. The third kappa shape index (κ3) is 6.32. The van der Waals surface area contributed by atoms with E-state index in [1.54, 1.807) is 12.3 Å². The van der Waals surface area contributed by atoms with E-state index in [-0.39, 0.29) is 17.9 Å². The lowest BCUT2D eigenvalue weighted by atomic mass is 9.85. The molecule has 2 aliphatic rings. The summed E-state index contributed by atoms with van der Waals surface area (Å²) in [4.78, 5) is 49.4. The quantitative estimate of drug-likeness (QED) is 0.332. The van der Waals surface area contributed by atoms with E-state index in [0.717, 1.165) is 59.4 Å². The number of aromatic amines is 1. The van der Waals surface area contributed by atoms with Crippen molar-refractivity contribution in [2.24, 2.45) is 11.7 Å². The summed E-state index contributed by atoms with van der Waals surface area (Å²) in [6, 6.07) is 3.87. The summed E-state index contributed by atoms with van der Waals surface area (Å²) >= 11 is 1.45. The normalized spacial score (nSPS) is 18.5. The average Bonchev–Trinajstić information content (AvgIpc) is 3.53. The van der Waals surface area contributed by atoms with Gasteiger partial charge in [-0.05, 0) is 98.5 Å². The molecule has 0 spiro atoms. The maximum Gasteiger partial charge on any atom is 0.408 e. The number of hydrogen-bond acceptors (Lipinski definition) is 7. The summed E-state index contributed by atoms with van der Waals surface area (Å²) in [6.45, 7) is 11.3. The van der Waals surface area contributed by atoms with Crippen LogP contribution in [-0.2, 0) is 28.0 Å². The highest BCUT2D eigenvalue weighted by Gasteiger charge is 2.33. The fourth-order valence-electron chi connectivity index (χ4n) is 5.93. The first-order valence-electron chi connectivity index (χ1n) is 14.6. The van der Waals surface area contributed by atoms with E-state index in [9.17, 15) is 14.4 Å². The fraction of sp³-hybridized carbons (Fsp3) is 0.548. The van der Waals surface area contributed by atoms with E-state index in [1.165, 1.54) is 11.3 Å². The van der Waals surface area contributed by atoms with Gasteiger partial charge < -0.3 is 31.0 Å². The number of ether oxygens (including phenoxy) is 1. The van der Waals surface area contributed by atoms with Gasteiger partial charge in [0.15, 0.2) is 5.60 Å². The Kier molecular flexibility index (Phi) is 8.10. The van der Waals surface area contributed by atoms with Crippen LogP contribution in [0.2, 0.25) is 0 Å². The Hall–Kier alpha value is -3.44. The number of aryl methyl sites for hydroxylation is 1. The van der Waals surface area contributed by atoms with Crippen LogP contribution in [0, 0.1) is 5.92 Å². The highest BCUT2D eigenvalue weighted by atomic mass is 32.1. The van der Waals surface area contributed by atoms with E-state index in [4.69, 9.17) is 10.5 Å². The Morgan fingerprint density at radius 3 is 2.50 bits per heavy atom. The van der Waals surface area contributed by atoms with Gasteiger partial charge in [0.05, 0.1) is 16.0 Å². The molecule has 1 aliphatic carbocycles. The Morgan fingerprint density at radius 1 is 1.12 bits per heavy atom. The summed E-state index contributed by atoms with van der Waals surface area (Å²) in [7, 11) is 2.11. The Bertz CT molecular complexity index is 1510. The highest BCUT2D eigenvalue weighted by molar-refractivity contribution is 7.15. The van der Waals surface area contributed by atoms with Crippen LogP contribution in [0.15, 0.2) is 18.3 Å². The number of nitrogens with one attached hydrogen (secondary N) is 3. The lowest BCUT2D eigenvalue weighted by molar-refractivity contribution is -0.126. The van der Waals surface area contributed by atoms with Crippen LogP contribution in [0.1, 0.15) is 80.5 Å². The van der Waals surface area contributed by atoms with Gasteiger partial charge in [0.25, 0.3) is 5.91 Å². The van der Waals surface area contributed by atoms with E-state index < -0.39 is 23.1 Å². The smallest absolute Gasteiger partial charge is 0.408 e. The number of carbonyl (C=O) groups excluding carboxylic acids is 3. The topological polar surface area (TPSA) is 142 Å². The zero-order chi connectivity index (χ0) is 30.4. The number of rotatable bonds is 6. The predicted molar refractivity (Wildman–Crippen MR) is 164 cm³/mol. The molecular weight excluding hydrogens is 552 g/mol. The Morgan fingerprint density at radius 2 is 1.83 bits per heavy atom. The lowest BCUT2D eigenvalue weighted by Gasteiger charge is -2.31. The number of nitrogens with two attached hydrogens (primary N) is 1. The second-order valence-corrected chi connectivity index (χ2v) is 14.2. The molecule has 1 aromatic carbocycles. The van der Waals surface area contributed by atoms with Gasteiger partial charge in [0, 0.05) is 40.3 Å². The van der Waals surface area contributed by atoms with Crippen molar-refractivity contribution in [2.45, 2.75) is 83.9 Å². The molecule has 10 nitrogen and oxygen atoms in total. The summed E-state index contributed by atoms with van der Waals surface area (Å²) in [6.07, 6.45) is 5.24. The number of benzene rings is 1. The third-order valence-corrected chi connectivity index (χ3v) is 9.49. The predicted octanol–water partition coefficient (Wildman–Crippen LogP) is 4.47. The lowest BCUT2D eigenvalue weighted by Crippen LogP contribution is -2.46. The molecule has 2 aromatic heterocycles. The van der Waals surface area contributed by atoms with Crippen molar-refractivity contribution in [1.29, 1.82) is 0 Å². The molecule has 1 unspecified atom stereocenters. The van der Waals surface area contributed by atoms with Crippen molar-refractivity contribution in [3.63, 3.8) is 0 Å². The first-order valence-corrected chi connectivity index (χ1v) is 15.5. The van der Waals surface area contributed by atoms with Gasteiger partial charge in [-0.1, -0.05) is 6.07 Å². The number of hydrogen-bond donors (Lipinski definition) is 4. The van der Waals surface area contributed by atoms with Crippen molar-refractivity contribution in [1.82, 2.24) is 25.5 Å². The zero-order valence-electron chi connectivity index (χ0n) is 25.3. The number of amides is 3. The number of H-pyrrole nitrogens is 1. The fourth-order valence-corrected chi connectivity index (χ4v) is 6.92. The molecule has 11 heteroatoms. The van der Waals surface area contributed by atoms with E-state index in [0.29, 0.717) is 28.9 Å². The molecule has 1 saturated heterocycles. The van der Waals surface area contributed by atoms with E-state index in [2.05, 4.69) is 32.5 Å². The zero-order valence-corrected chi connectivity index (χ0v) is 26.2. The standard InChI is InChI=1S/C31H42N6O4S/c1-30(2,3)36-29(40)41-31(4,5)28-33-16-23(42-28)20-9-10-21(26(32)38)25-24(20)19-8-7-17(15-22(19)35-25)27(39)34-18-11-13-37(6)14-12-18/h9-10,16-18,35H,7-8,11-15H2,1-6H3,(H2,32,38)(H,34,39)(H,36,40). The molecule has 0 saturated carbocycles. The summed E-state index contributed by atoms with van der Waals surface area (Å²) < 4.78 is 5.75. The third-order valence-electron chi connectivity index (χ3n) is 8.15. The van der Waals surface area contributed by atoms with Crippen molar-refractivity contribution in [2.75, 3.05) is 20.1 Å². The monoisotopic (exact) mass is 594 g/mol. The second kappa shape index (κ2) is 11.3. The molecule has 1 atom stereocenters. The van der Waals surface area contributed by atoms with Crippen LogP contribution in [0.4, 0.5) is 4.79 Å². The first-order chi connectivity index (χ1) is 19.7. The molecule has 42 heavy (non-hydrogen) atoms. The molecule has 1 aliphatic heterocycles. The number of primary amides is 1. The minimum atomic E-state index is -0.948. The Labute approximate surface area is 250 Å². The molecule has 3 aromatic rings. The van der Waals surface area contributed by atoms with Crippen LogP contribution in [0.3, 0.4) is 0 Å². The van der Waals surface area contributed by atoms with E-state index in [1.807, 2.05) is 40.7 Å². The number of nitrogens with zero attached hydrogens (tertiary/aromatic N) is 2. The SMILES string of the molecule is CN1CCC(NC(=O)C2CCc3c([nH]c4c(C(N)=O)ccc(-c5cnc(C(C)(C)OC(=O)NC(C)(C)C)s5)c34)C2)CC1. The van der Waals surface area contributed by atoms with Crippen molar-refractivity contribution in [3.8, 4) is 10.4 Å².